The second-order valence-corrected chi connectivity index (χ2v) is 8.46. The van der Waals surface area contributed by atoms with E-state index in [-0.39, 0.29) is 17.9 Å². The summed E-state index contributed by atoms with van der Waals surface area (Å²) in [5, 5.41) is 3.03. The number of amides is 1. The van der Waals surface area contributed by atoms with Crippen LogP contribution in [0, 0.1) is 0 Å². The van der Waals surface area contributed by atoms with Gasteiger partial charge in [-0.2, -0.15) is 13.2 Å². The fraction of sp³-hybridized carbons (Fsp3) is 0.250. The summed E-state index contributed by atoms with van der Waals surface area (Å²) in [7, 11) is 0. The van der Waals surface area contributed by atoms with Crippen LogP contribution in [0.5, 0.6) is 0 Å². The van der Waals surface area contributed by atoms with Crippen LogP contribution in [0.1, 0.15) is 42.4 Å². The molecule has 6 heteroatoms. The fourth-order valence-electron chi connectivity index (χ4n) is 4.44. The van der Waals surface area contributed by atoms with E-state index < -0.39 is 11.7 Å². The van der Waals surface area contributed by atoms with Crippen molar-refractivity contribution in [2.45, 2.75) is 44.5 Å². The lowest BCUT2D eigenvalue weighted by Gasteiger charge is -2.33. The average Bonchev–Trinajstić information content (AvgIpc) is 2.83. The molecule has 0 aromatic heterocycles. The van der Waals surface area contributed by atoms with E-state index in [1.54, 1.807) is 6.07 Å². The molecule has 176 valence electrons. The standard InChI is InChI=1S/C28H26F3NO2/c1-19(33)32-27-17-23(34-18-20-8-3-2-4-9-20)14-15-26(27)25-13-6-5-12-24(25)21-10-7-11-22(16-21)28(29,30)31/h2-14,16,26-27H,15,17-18H2,1H3,(H,32,33). The van der Waals surface area contributed by atoms with Gasteiger partial charge in [-0.3, -0.25) is 4.79 Å². The first kappa shape index (κ1) is 23.6. The molecule has 0 bridgehead atoms. The summed E-state index contributed by atoms with van der Waals surface area (Å²) in [6.07, 6.45) is -1.28. The highest BCUT2D eigenvalue weighted by Crippen LogP contribution is 2.40. The number of carbonyl (C=O) groups excluding carboxylic acids is 1. The molecule has 0 saturated carbocycles. The maximum Gasteiger partial charge on any atom is 0.416 e. The zero-order valence-corrected chi connectivity index (χ0v) is 18.8. The molecule has 3 aromatic rings. The summed E-state index contributed by atoms with van der Waals surface area (Å²) in [4.78, 5) is 12.0. The largest absolute Gasteiger partial charge is 0.494 e. The summed E-state index contributed by atoms with van der Waals surface area (Å²) in [5.41, 5.74) is 2.51. The molecule has 34 heavy (non-hydrogen) atoms. The van der Waals surface area contributed by atoms with Gasteiger partial charge in [-0.15, -0.1) is 0 Å². The molecule has 0 saturated heterocycles. The van der Waals surface area contributed by atoms with Gasteiger partial charge in [0.1, 0.15) is 6.61 Å². The lowest BCUT2D eigenvalue weighted by Crippen LogP contribution is -2.40. The number of alkyl halides is 3. The van der Waals surface area contributed by atoms with Gasteiger partial charge >= 0.3 is 6.18 Å². The first-order chi connectivity index (χ1) is 16.3. The molecular weight excluding hydrogens is 439 g/mol. The van der Waals surface area contributed by atoms with E-state index in [4.69, 9.17) is 4.74 Å². The van der Waals surface area contributed by atoms with Gasteiger partial charge in [0.2, 0.25) is 5.91 Å². The summed E-state index contributed by atoms with van der Waals surface area (Å²) < 4.78 is 46.0. The summed E-state index contributed by atoms with van der Waals surface area (Å²) in [6.45, 7) is 1.91. The van der Waals surface area contributed by atoms with Crippen LogP contribution in [0.4, 0.5) is 13.2 Å². The molecule has 3 nitrogen and oxygen atoms in total. The zero-order valence-electron chi connectivity index (χ0n) is 18.8. The molecule has 0 heterocycles. The summed E-state index contributed by atoms with van der Waals surface area (Å²) in [5.74, 6) is 0.546. The number of hydrogen-bond acceptors (Lipinski definition) is 2. The Kier molecular flexibility index (Phi) is 7.06. The topological polar surface area (TPSA) is 38.3 Å². The maximum atomic E-state index is 13.3. The van der Waals surface area contributed by atoms with Crippen molar-refractivity contribution >= 4 is 5.91 Å². The lowest BCUT2D eigenvalue weighted by atomic mass is 9.79. The first-order valence-corrected chi connectivity index (χ1v) is 11.2. The molecule has 3 aromatic carbocycles. The molecule has 0 spiro atoms. The van der Waals surface area contributed by atoms with E-state index in [9.17, 15) is 18.0 Å². The molecule has 1 N–H and O–H groups in total. The van der Waals surface area contributed by atoms with Crippen molar-refractivity contribution in [1.82, 2.24) is 5.32 Å². The van der Waals surface area contributed by atoms with Gasteiger partial charge in [0.25, 0.3) is 0 Å². The van der Waals surface area contributed by atoms with Gasteiger partial charge in [-0.1, -0.05) is 66.7 Å². The second kappa shape index (κ2) is 10.2. The van der Waals surface area contributed by atoms with Gasteiger partial charge in [-0.05, 0) is 46.9 Å². The maximum absolute atomic E-state index is 13.3. The molecule has 1 aliphatic rings. The van der Waals surface area contributed by atoms with Crippen LogP contribution < -0.4 is 5.32 Å². The third kappa shape index (κ3) is 5.68. The molecule has 2 unspecified atom stereocenters. The molecule has 0 radical (unpaired) electrons. The Morgan fingerprint density at radius 3 is 2.47 bits per heavy atom. The molecule has 4 rings (SSSR count). The predicted octanol–water partition coefficient (Wildman–Crippen LogP) is 6.86. The van der Waals surface area contributed by atoms with Crippen molar-refractivity contribution in [2.24, 2.45) is 0 Å². The van der Waals surface area contributed by atoms with Crippen LogP contribution in [-0.4, -0.2) is 11.9 Å². The highest BCUT2D eigenvalue weighted by atomic mass is 19.4. The van der Waals surface area contributed by atoms with E-state index in [0.29, 0.717) is 25.0 Å². The number of carbonyl (C=O) groups is 1. The molecule has 1 aliphatic carbocycles. The number of rotatable bonds is 6. The Morgan fingerprint density at radius 2 is 1.74 bits per heavy atom. The van der Waals surface area contributed by atoms with Gasteiger partial charge in [-0.25, -0.2) is 0 Å². The summed E-state index contributed by atoms with van der Waals surface area (Å²) in [6, 6.07) is 22.4. The van der Waals surface area contributed by atoms with Crippen LogP contribution >= 0.6 is 0 Å². The van der Waals surface area contributed by atoms with E-state index in [1.165, 1.54) is 19.1 Å². The molecule has 0 aliphatic heterocycles. The minimum atomic E-state index is -4.41. The summed E-state index contributed by atoms with van der Waals surface area (Å²) >= 11 is 0. The van der Waals surface area contributed by atoms with E-state index in [0.717, 1.165) is 28.5 Å². The normalized spacial score (nSPS) is 18.2. The molecule has 1 amide bonds. The highest BCUT2D eigenvalue weighted by molar-refractivity contribution is 5.74. The third-order valence-corrected chi connectivity index (χ3v) is 6.02. The van der Waals surface area contributed by atoms with E-state index in [2.05, 4.69) is 5.32 Å². The van der Waals surface area contributed by atoms with Crippen molar-refractivity contribution in [2.75, 3.05) is 0 Å². The van der Waals surface area contributed by atoms with Crippen molar-refractivity contribution in [1.29, 1.82) is 0 Å². The number of benzene rings is 3. The Labute approximate surface area is 197 Å². The average molecular weight is 466 g/mol. The van der Waals surface area contributed by atoms with Crippen LogP contribution in [0.15, 0.2) is 90.7 Å². The Hall–Kier alpha value is -3.54. The van der Waals surface area contributed by atoms with Crippen LogP contribution in [0.3, 0.4) is 0 Å². The Bertz CT molecular complexity index is 1170. The van der Waals surface area contributed by atoms with Crippen LogP contribution in [-0.2, 0) is 22.3 Å². The Balaban J connectivity index is 1.63. The number of hydrogen-bond donors (Lipinski definition) is 1. The van der Waals surface area contributed by atoms with E-state index >= 15 is 0 Å². The minimum Gasteiger partial charge on any atom is -0.494 e. The van der Waals surface area contributed by atoms with Crippen molar-refractivity contribution in [3.05, 3.63) is 107 Å². The lowest BCUT2D eigenvalue weighted by molar-refractivity contribution is -0.137. The van der Waals surface area contributed by atoms with Crippen molar-refractivity contribution in [3.8, 4) is 11.1 Å². The minimum absolute atomic E-state index is 0.0984. The number of allylic oxidation sites excluding steroid dienone is 1. The SMILES string of the molecule is CC(=O)NC1CC(OCc2ccccc2)=CCC1c1ccccc1-c1cccc(C(F)(F)F)c1. The number of nitrogens with one attached hydrogen (secondary N) is 1. The van der Waals surface area contributed by atoms with Gasteiger partial charge < -0.3 is 10.1 Å². The number of ether oxygens (including phenoxy) is 1. The molecular formula is C28H26F3NO2. The van der Waals surface area contributed by atoms with Crippen molar-refractivity contribution in [3.63, 3.8) is 0 Å². The molecule has 2 atom stereocenters. The fourth-order valence-corrected chi connectivity index (χ4v) is 4.44. The van der Waals surface area contributed by atoms with Gasteiger partial charge in [0.05, 0.1) is 11.3 Å². The smallest absolute Gasteiger partial charge is 0.416 e. The van der Waals surface area contributed by atoms with Crippen molar-refractivity contribution < 1.29 is 22.7 Å². The monoisotopic (exact) mass is 465 g/mol. The zero-order chi connectivity index (χ0) is 24.1. The number of halogens is 3. The van der Waals surface area contributed by atoms with Gasteiger partial charge in [0, 0.05) is 25.3 Å². The Morgan fingerprint density at radius 1 is 1.00 bits per heavy atom. The van der Waals surface area contributed by atoms with Crippen LogP contribution in [0.2, 0.25) is 0 Å². The third-order valence-electron chi connectivity index (χ3n) is 6.02. The highest BCUT2D eigenvalue weighted by Gasteiger charge is 2.32. The second-order valence-electron chi connectivity index (χ2n) is 8.46. The quantitative estimate of drug-likeness (QED) is 0.432. The van der Waals surface area contributed by atoms with E-state index in [1.807, 2.05) is 60.7 Å². The van der Waals surface area contributed by atoms with Crippen LogP contribution in [0.25, 0.3) is 11.1 Å². The predicted molar refractivity (Wildman–Crippen MR) is 126 cm³/mol. The first-order valence-electron chi connectivity index (χ1n) is 11.2. The molecule has 0 fully saturated rings. The van der Waals surface area contributed by atoms with Gasteiger partial charge in [0.15, 0.2) is 0 Å².